The summed E-state index contributed by atoms with van der Waals surface area (Å²) < 4.78 is 93.9. The van der Waals surface area contributed by atoms with Crippen LogP contribution in [0, 0.1) is 13.8 Å². The Balaban J connectivity index is 1.30. The number of hydrogen-bond donors (Lipinski definition) is 0. The van der Waals surface area contributed by atoms with Gasteiger partial charge in [-0.05, 0) is 75.9 Å². The number of aromatic nitrogens is 2. The van der Waals surface area contributed by atoms with Crippen molar-refractivity contribution in [2.75, 3.05) is 13.2 Å². The van der Waals surface area contributed by atoms with Crippen molar-refractivity contribution in [2.45, 2.75) is 259 Å². The van der Waals surface area contributed by atoms with Crippen LogP contribution in [0.5, 0.6) is 11.5 Å². The summed E-state index contributed by atoms with van der Waals surface area (Å²) in [4.78, 5) is 5.40. The zero-order valence-electron chi connectivity index (χ0n) is 48.8. The number of aryl methyl sites for hydroxylation is 2. The Morgan fingerprint density at radius 2 is 0.772 bits per heavy atom. The maximum atomic E-state index is 17.4. The van der Waals surface area contributed by atoms with Crippen LogP contribution in [0.4, 0.5) is 17.6 Å². The van der Waals surface area contributed by atoms with Crippen LogP contribution in [-0.4, -0.2) is 22.0 Å². The van der Waals surface area contributed by atoms with Crippen LogP contribution in [0.25, 0.3) is 61.8 Å². The molecule has 0 saturated heterocycles. The quantitative estimate of drug-likeness (QED) is 0.0283. The molecule has 0 aliphatic carbocycles. The van der Waals surface area contributed by atoms with Gasteiger partial charge < -0.3 is 9.47 Å². The molecule has 0 atom stereocenters. The summed E-state index contributed by atoms with van der Waals surface area (Å²) in [5, 5.41) is 0.556. The number of rotatable bonds is 41. The first-order valence-corrected chi connectivity index (χ1v) is 34.9. The van der Waals surface area contributed by atoms with Gasteiger partial charge in [0.25, 0.3) is 11.8 Å². The highest BCUT2D eigenvalue weighted by Gasteiger charge is 2.42. The van der Waals surface area contributed by atoms with Crippen molar-refractivity contribution in [3.05, 3.63) is 57.3 Å². The fraction of sp³-hybridized carbons (Fsp3) is 0.636. The van der Waals surface area contributed by atoms with Crippen LogP contribution >= 0.6 is 57.1 Å². The monoisotopic (exact) mass is 1180 g/mol. The maximum absolute atomic E-state index is 17.4. The third-order valence-corrected chi connectivity index (χ3v) is 20.8. The Morgan fingerprint density at radius 3 is 1.22 bits per heavy atom. The summed E-state index contributed by atoms with van der Waals surface area (Å²) in [6, 6.07) is 11.9. The standard InChI is InChI=1S/C66H92F4N2O2S5/c1-7-11-15-19-23-25-27-29-33-41-65(67,68)57-49-45-48(6)76-63(49)58(66(69,70)42-34-30-28-26-24-20-16-12-8-2)50-46-54(78-64(50)57)51-39-40-53(77-51)56-60-59(71-79-72-60)55(52-38-37-47(5)75-52)61(73-43-35-31-21-17-13-9-3)62(56)74-44-36-32-22-18-14-10-4/h37-40,45-46H,7-36,41-44H2,1-6H3. The summed E-state index contributed by atoms with van der Waals surface area (Å²) >= 11 is 6.90. The lowest BCUT2D eigenvalue weighted by Crippen LogP contribution is -2.18. The Kier molecular flexibility index (Phi) is 26.2. The highest BCUT2D eigenvalue weighted by atomic mass is 32.1. The van der Waals surface area contributed by atoms with Crippen LogP contribution in [0.15, 0.2) is 36.4 Å². The SMILES string of the molecule is CCCCCCCCCCCC(F)(F)c1c2cc(-c3ccc(-c4c(OCCCCCCCC)c(OCCCCCCCC)c(-c5ccc(C)s5)c5nsnc45)s3)sc2c(C(F)(F)CCCCCCCCCCC)c2cc(C)sc12. The van der Waals surface area contributed by atoms with Crippen LogP contribution in [0.3, 0.4) is 0 Å². The Labute approximate surface area is 492 Å². The Hall–Kier alpha value is -3.10. The summed E-state index contributed by atoms with van der Waals surface area (Å²) in [5.74, 6) is -5.09. The number of ether oxygens (including phenoxy) is 2. The average Bonchev–Trinajstić information content (AvgIpc) is 4.17. The van der Waals surface area contributed by atoms with Crippen LogP contribution in [0.2, 0.25) is 0 Å². The molecule has 0 spiro atoms. The molecule has 0 aliphatic heterocycles. The summed E-state index contributed by atoms with van der Waals surface area (Å²) in [7, 11) is 0. The molecule has 0 amide bonds. The van der Waals surface area contributed by atoms with Crippen molar-refractivity contribution in [1.82, 2.24) is 8.75 Å². The van der Waals surface area contributed by atoms with E-state index < -0.39 is 11.8 Å². The van der Waals surface area contributed by atoms with Crippen molar-refractivity contribution in [3.63, 3.8) is 0 Å². The predicted octanol–water partition coefficient (Wildman–Crippen LogP) is 25.4. The van der Waals surface area contributed by atoms with Gasteiger partial charge in [0, 0.05) is 73.4 Å². The van der Waals surface area contributed by atoms with E-state index in [0.29, 0.717) is 47.1 Å². The molecule has 0 radical (unpaired) electrons. The highest BCUT2D eigenvalue weighted by Crippen LogP contribution is 2.57. The molecule has 0 bridgehead atoms. The Morgan fingerprint density at radius 1 is 0.392 bits per heavy atom. The van der Waals surface area contributed by atoms with Gasteiger partial charge in [0.1, 0.15) is 11.0 Å². The summed E-state index contributed by atoms with van der Waals surface area (Å²) in [6.45, 7) is 13.9. The first-order chi connectivity index (χ1) is 38.4. The normalized spacial score (nSPS) is 12.4. The number of thiophene rings is 4. The number of unbranched alkanes of at least 4 members (excludes halogenated alkanes) is 26. The summed E-state index contributed by atoms with van der Waals surface area (Å²) in [5.41, 5.74) is 3.04. The Bertz CT molecular complexity index is 2800. The van der Waals surface area contributed by atoms with E-state index in [4.69, 9.17) is 18.2 Å². The zero-order chi connectivity index (χ0) is 56.0. The highest BCUT2D eigenvalue weighted by molar-refractivity contribution is 7.27. The molecule has 79 heavy (non-hydrogen) atoms. The van der Waals surface area contributed by atoms with E-state index in [1.165, 1.54) is 147 Å². The van der Waals surface area contributed by atoms with Crippen molar-refractivity contribution >= 4 is 88.3 Å². The van der Waals surface area contributed by atoms with Gasteiger partial charge in [0.05, 0.1) is 36.1 Å². The number of halogens is 4. The second kappa shape index (κ2) is 32.7. The van der Waals surface area contributed by atoms with Gasteiger partial charge in [-0.2, -0.15) is 8.75 Å². The first-order valence-electron chi connectivity index (χ1n) is 30.9. The fourth-order valence-corrected chi connectivity index (χ4v) is 16.3. The van der Waals surface area contributed by atoms with Gasteiger partial charge in [0.15, 0.2) is 11.5 Å². The minimum atomic E-state index is -3.21. The van der Waals surface area contributed by atoms with E-state index in [-0.39, 0.29) is 39.4 Å². The largest absolute Gasteiger partial charge is 0.489 e. The number of fused-ring (bicyclic) bond motifs is 3. The number of alkyl halides is 4. The van der Waals surface area contributed by atoms with E-state index in [1.807, 2.05) is 19.1 Å². The predicted molar refractivity (Wildman–Crippen MR) is 339 cm³/mol. The van der Waals surface area contributed by atoms with Crippen molar-refractivity contribution in [3.8, 4) is 42.1 Å². The van der Waals surface area contributed by atoms with E-state index in [2.05, 4.69) is 52.8 Å². The average molecular weight is 1180 g/mol. The second-order valence-electron chi connectivity index (χ2n) is 22.4. The van der Waals surface area contributed by atoms with Gasteiger partial charge in [-0.15, -0.1) is 45.3 Å². The molecule has 13 heteroatoms. The van der Waals surface area contributed by atoms with Crippen LogP contribution in [0.1, 0.15) is 254 Å². The van der Waals surface area contributed by atoms with Crippen molar-refractivity contribution < 1.29 is 27.0 Å². The molecule has 0 saturated carbocycles. The molecule has 4 nitrogen and oxygen atoms in total. The van der Waals surface area contributed by atoms with Crippen molar-refractivity contribution in [1.29, 1.82) is 0 Å². The molecular formula is C66H92F4N2O2S5. The van der Waals surface area contributed by atoms with Crippen molar-refractivity contribution in [2.24, 2.45) is 0 Å². The molecule has 5 heterocycles. The molecule has 0 aliphatic rings. The van der Waals surface area contributed by atoms with Gasteiger partial charge in [-0.25, -0.2) is 17.6 Å². The molecule has 7 rings (SSSR count). The summed E-state index contributed by atoms with van der Waals surface area (Å²) in [6.07, 6.45) is 31.1. The topological polar surface area (TPSA) is 44.2 Å². The lowest BCUT2D eigenvalue weighted by Gasteiger charge is -2.23. The number of hydrogen-bond acceptors (Lipinski definition) is 9. The van der Waals surface area contributed by atoms with Gasteiger partial charge in [-0.1, -0.05) is 195 Å². The van der Waals surface area contributed by atoms with Crippen LogP contribution < -0.4 is 9.47 Å². The second-order valence-corrected chi connectivity index (χ2v) is 27.7. The third-order valence-electron chi connectivity index (χ3n) is 15.7. The molecule has 0 N–H and O–H groups in total. The smallest absolute Gasteiger partial charge is 0.275 e. The third kappa shape index (κ3) is 17.5. The lowest BCUT2D eigenvalue weighted by atomic mass is 9.91. The molecule has 2 aromatic carbocycles. The lowest BCUT2D eigenvalue weighted by molar-refractivity contribution is -0.0153. The molecule has 7 aromatic rings. The first kappa shape index (κ1) is 63.5. The molecule has 5 aromatic heterocycles. The van der Waals surface area contributed by atoms with Gasteiger partial charge in [0.2, 0.25) is 0 Å². The molecule has 0 unspecified atom stereocenters. The van der Waals surface area contributed by atoms with E-state index in [9.17, 15) is 0 Å². The van der Waals surface area contributed by atoms with E-state index in [0.717, 1.165) is 125 Å². The minimum absolute atomic E-state index is 0.0794. The van der Waals surface area contributed by atoms with E-state index in [1.54, 1.807) is 17.4 Å². The zero-order valence-corrected chi connectivity index (χ0v) is 52.9. The molecule has 0 fully saturated rings. The van der Waals surface area contributed by atoms with Gasteiger partial charge >= 0.3 is 0 Å². The fourth-order valence-electron chi connectivity index (χ4n) is 11.3. The van der Waals surface area contributed by atoms with E-state index >= 15 is 17.6 Å². The number of nitrogens with zero attached hydrogens (tertiary/aromatic N) is 2. The minimum Gasteiger partial charge on any atom is -0.489 e. The molecule has 436 valence electrons. The maximum Gasteiger partial charge on any atom is 0.275 e. The van der Waals surface area contributed by atoms with Gasteiger partial charge in [-0.3, -0.25) is 0 Å². The molecular weight excluding hydrogens is 1090 g/mol. The van der Waals surface area contributed by atoms with Crippen LogP contribution in [-0.2, 0) is 11.8 Å². The number of benzene rings is 2.